The number of aromatic nitrogens is 2. The molecule has 2 rings (SSSR count). The Morgan fingerprint density at radius 1 is 1.33 bits per heavy atom. The lowest BCUT2D eigenvalue weighted by Gasteiger charge is -2.08. The van der Waals surface area contributed by atoms with Gasteiger partial charge in [0.1, 0.15) is 17.9 Å². The van der Waals surface area contributed by atoms with Gasteiger partial charge < -0.3 is 15.0 Å². The zero-order valence-electron chi connectivity index (χ0n) is 12.2. The van der Waals surface area contributed by atoms with E-state index in [2.05, 4.69) is 10.3 Å². The van der Waals surface area contributed by atoms with E-state index in [-0.39, 0.29) is 18.0 Å². The minimum atomic E-state index is -1.01. The Morgan fingerprint density at radius 3 is 2.71 bits per heavy atom. The number of amides is 1. The molecule has 0 aliphatic heterocycles. The summed E-state index contributed by atoms with van der Waals surface area (Å²) in [7, 11) is 0. The molecule has 2 N–H and O–H groups in total. The molecule has 112 valence electrons. The molecule has 0 bridgehead atoms. The van der Waals surface area contributed by atoms with Crippen molar-refractivity contribution in [2.75, 3.05) is 6.54 Å². The maximum absolute atomic E-state index is 11.9. The molecule has 0 radical (unpaired) electrons. The van der Waals surface area contributed by atoms with Crippen LogP contribution < -0.4 is 5.32 Å². The smallest absolute Gasteiger partial charge is 0.337 e. The molecule has 0 fully saturated rings. The monoisotopic (exact) mass is 289 g/mol. The molecule has 1 aromatic carbocycles. The van der Waals surface area contributed by atoms with Gasteiger partial charge in [-0.1, -0.05) is 19.9 Å². The van der Waals surface area contributed by atoms with E-state index in [4.69, 9.17) is 0 Å². The van der Waals surface area contributed by atoms with E-state index in [1.54, 1.807) is 16.7 Å². The third kappa shape index (κ3) is 3.04. The van der Waals surface area contributed by atoms with Crippen LogP contribution in [0.3, 0.4) is 0 Å². The number of para-hydroxylation sites is 1. The lowest BCUT2D eigenvalue weighted by Crippen LogP contribution is -2.28. The Labute approximate surface area is 122 Å². The van der Waals surface area contributed by atoms with E-state index < -0.39 is 5.97 Å². The highest BCUT2D eigenvalue weighted by Gasteiger charge is 2.17. The van der Waals surface area contributed by atoms with Gasteiger partial charge in [0.05, 0.1) is 11.1 Å². The van der Waals surface area contributed by atoms with E-state index in [0.29, 0.717) is 29.8 Å². The number of carboxylic acid groups (broad SMARTS) is 1. The van der Waals surface area contributed by atoms with Crippen LogP contribution in [-0.4, -0.2) is 33.1 Å². The minimum absolute atomic E-state index is 0.0911. The Kier molecular flexibility index (Phi) is 4.57. The second-order valence-electron chi connectivity index (χ2n) is 4.80. The number of carbonyl (C=O) groups excluding carboxylic acids is 1. The number of aryl methyl sites for hydroxylation is 1. The second-order valence-corrected chi connectivity index (χ2v) is 4.80. The zero-order valence-corrected chi connectivity index (χ0v) is 12.2. The molecule has 2 aromatic rings. The van der Waals surface area contributed by atoms with Gasteiger partial charge in [0.15, 0.2) is 0 Å². The number of carboxylic acids is 1. The number of rotatable bonds is 6. The van der Waals surface area contributed by atoms with Gasteiger partial charge in [-0.2, -0.15) is 0 Å². The van der Waals surface area contributed by atoms with Crippen molar-refractivity contribution in [3.8, 4) is 0 Å². The van der Waals surface area contributed by atoms with Gasteiger partial charge >= 0.3 is 5.97 Å². The summed E-state index contributed by atoms with van der Waals surface area (Å²) in [5.74, 6) is -0.389. The third-order valence-electron chi connectivity index (χ3n) is 3.28. The van der Waals surface area contributed by atoms with Crippen LogP contribution in [0, 0.1) is 0 Å². The van der Waals surface area contributed by atoms with Gasteiger partial charge in [-0.05, 0) is 18.6 Å². The van der Waals surface area contributed by atoms with Gasteiger partial charge in [0, 0.05) is 13.0 Å². The highest BCUT2D eigenvalue weighted by molar-refractivity contribution is 6.01. The first-order chi connectivity index (χ1) is 10.1. The Hall–Kier alpha value is -2.37. The van der Waals surface area contributed by atoms with E-state index >= 15 is 0 Å². The molecular formula is C15H19N3O3. The fraction of sp³-hybridized carbons (Fsp3) is 0.400. The van der Waals surface area contributed by atoms with Gasteiger partial charge in [-0.15, -0.1) is 0 Å². The zero-order chi connectivity index (χ0) is 15.4. The SMILES string of the molecule is CCCNC(=O)Cn1c(CC)nc2c(C(=O)O)cccc21. The Morgan fingerprint density at radius 2 is 2.10 bits per heavy atom. The maximum Gasteiger partial charge on any atom is 0.337 e. The minimum Gasteiger partial charge on any atom is -0.478 e. The largest absolute Gasteiger partial charge is 0.478 e. The van der Waals surface area contributed by atoms with Crippen LogP contribution in [0.2, 0.25) is 0 Å². The topological polar surface area (TPSA) is 84.2 Å². The number of imidazole rings is 1. The van der Waals surface area contributed by atoms with Crippen LogP contribution in [0.4, 0.5) is 0 Å². The first-order valence-corrected chi connectivity index (χ1v) is 7.06. The fourth-order valence-corrected chi connectivity index (χ4v) is 2.28. The predicted octanol–water partition coefficient (Wildman–Crippen LogP) is 1.82. The normalized spacial score (nSPS) is 10.8. The maximum atomic E-state index is 11.9. The highest BCUT2D eigenvalue weighted by Crippen LogP contribution is 2.20. The summed E-state index contributed by atoms with van der Waals surface area (Å²) in [6.07, 6.45) is 1.51. The van der Waals surface area contributed by atoms with E-state index in [0.717, 1.165) is 6.42 Å². The van der Waals surface area contributed by atoms with Crippen molar-refractivity contribution < 1.29 is 14.7 Å². The Bertz CT molecular complexity index is 676. The number of carbonyl (C=O) groups is 2. The summed E-state index contributed by atoms with van der Waals surface area (Å²) in [4.78, 5) is 27.6. The average Bonchev–Trinajstić information content (AvgIpc) is 2.82. The lowest BCUT2D eigenvalue weighted by molar-refractivity contribution is -0.121. The van der Waals surface area contributed by atoms with Crippen molar-refractivity contribution in [2.45, 2.75) is 33.2 Å². The number of benzene rings is 1. The van der Waals surface area contributed by atoms with Crippen LogP contribution in [0.15, 0.2) is 18.2 Å². The van der Waals surface area contributed by atoms with Crippen LogP contribution >= 0.6 is 0 Å². The van der Waals surface area contributed by atoms with Gasteiger partial charge in [0.25, 0.3) is 0 Å². The molecular weight excluding hydrogens is 270 g/mol. The molecule has 0 atom stereocenters. The van der Waals surface area contributed by atoms with Gasteiger partial charge in [0.2, 0.25) is 5.91 Å². The van der Waals surface area contributed by atoms with Crippen molar-refractivity contribution in [3.63, 3.8) is 0 Å². The molecule has 0 aliphatic carbocycles. The molecule has 0 saturated carbocycles. The van der Waals surface area contributed by atoms with Gasteiger partial charge in [-0.25, -0.2) is 9.78 Å². The first-order valence-electron chi connectivity index (χ1n) is 7.06. The molecule has 6 nitrogen and oxygen atoms in total. The van der Waals surface area contributed by atoms with Crippen LogP contribution in [-0.2, 0) is 17.8 Å². The average molecular weight is 289 g/mol. The summed E-state index contributed by atoms with van der Waals surface area (Å²) >= 11 is 0. The number of aromatic carboxylic acids is 1. The van der Waals surface area contributed by atoms with Crippen LogP contribution in [0.5, 0.6) is 0 Å². The summed E-state index contributed by atoms with van der Waals surface area (Å²) in [5.41, 5.74) is 1.28. The van der Waals surface area contributed by atoms with E-state index in [1.165, 1.54) is 6.07 Å². The first kappa shape index (κ1) is 15.0. The molecule has 21 heavy (non-hydrogen) atoms. The van der Waals surface area contributed by atoms with Crippen molar-refractivity contribution in [3.05, 3.63) is 29.6 Å². The van der Waals surface area contributed by atoms with Crippen molar-refractivity contribution >= 4 is 22.9 Å². The molecule has 0 unspecified atom stereocenters. The number of fused-ring (bicyclic) bond motifs is 1. The number of nitrogens with zero attached hydrogens (tertiary/aromatic N) is 2. The number of hydrogen-bond acceptors (Lipinski definition) is 3. The van der Waals surface area contributed by atoms with Crippen LogP contribution in [0.25, 0.3) is 11.0 Å². The molecule has 0 spiro atoms. The molecule has 0 aliphatic rings. The van der Waals surface area contributed by atoms with E-state index in [9.17, 15) is 14.7 Å². The summed E-state index contributed by atoms with van der Waals surface area (Å²) < 4.78 is 1.78. The Balaban J connectivity index is 2.44. The highest BCUT2D eigenvalue weighted by atomic mass is 16.4. The summed E-state index contributed by atoms with van der Waals surface area (Å²) in [6.45, 7) is 4.71. The summed E-state index contributed by atoms with van der Waals surface area (Å²) in [5, 5.41) is 12.0. The molecule has 1 amide bonds. The third-order valence-corrected chi connectivity index (χ3v) is 3.28. The fourth-order valence-electron chi connectivity index (χ4n) is 2.28. The van der Waals surface area contributed by atoms with Crippen molar-refractivity contribution in [1.29, 1.82) is 0 Å². The number of nitrogens with one attached hydrogen (secondary N) is 1. The predicted molar refractivity (Wildman–Crippen MR) is 79.4 cm³/mol. The van der Waals surface area contributed by atoms with Crippen molar-refractivity contribution in [2.24, 2.45) is 0 Å². The van der Waals surface area contributed by atoms with Gasteiger partial charge in [-0.3, -0.25) is 4.79 Å². The quantitative estimate of drug-likeness (QED) is 0.849. The van der Waals surface area contributed by atoms with Crippen molar-refractivity contribution in [1.82, 2.24) is 14.9 Å². The standard InChI is InChI=1S/C15H19N3O3/c1-3-8-16-13(19)9-18-11-7-5-6-10(15(20)21)14(11)17-12(18)4-2/h5-7H,3-4,8-9H2,1-2H3,(H,16,19)(H,20,21). The van der Waals surface area contributed by atoms with E-state index in [1.807, 2.05) is 13.8 Å². The second kappa shape index (κ2) is 6.39. The molecule has 6 heteroatoms. The molecule has 0 saturated heterocycles. The molecule has 1 heterocycles. The summed E-state index contributed by atoms with van der Waals surface area (Å²) in [6, 6.07) is 4.99. The number of hydrogen-bond donors (Lipinski definition) is 2. The molecule has 1 aromatic heterocycles. The van der Waals surface area contributed by atoms with Crippen LogP contribution in [0.1, 0.15) is 36.5 Å². The lowest BCUT2D eigenvalue weighted by atomic mass is 10.2.